The number of nitrogens with zero attached hydrogens (tertiary/aromatic N) is 2. The molecule has 2 atom stereocenters. The van der Waals surface area contributed by atoms with Crippen LogP contribution in [0.1, 0.15) is 40.5 Å². The minimum atomic E-state index is -0.857. The Balaban J connectivity index is 0.00000301. The van der Waals surface area contributed by atoms with Crippen LogP contribution in [0.2, 0.25) is 0 Å². The van der Waals surface area contributed by atoms with Crippen LogP contribution >= 0.6 is 0 Å². The summed E-state index contributed by atoms with van der Waals surface area (Å²) in [6.45, 7) is 8.64. The van der Waals surface area contributed by atoms with Gasteiger partial charge in [0, 0.05) is 19.9 Å². The summed E-state index contributed by atoms with van der Waals surface area (Å²) in [5.41, 5.74) is -0.659. The Labute approximate surface area is 153 Å². The molecule has 0 bridgehead atoms. The first-order chi connectivity index (χ1) is 12.4. The second kappa shape index (κ2) is 13.2. The third-order valence-corrected chi connectivity index (χ3v) is 3.61. The summed E-state index contributed by atoms with van der Waals surface area (Å²) >= 11 is 0. The number of aromatic nitrogens is 2. The van der Waals surface area contributed by atoms with E-state index in [1.807, 2.05) is 6.92 Å². The molecule has 0 radical (unpaired) electrons. The molecule has 0 spiro atoms. The predicted octanol–water partition coefficient (Wildman–Crippen LogP) is 2.40. The Kier molecular flexibility index (Phi) is 12.2. The zero-order valence-corrected chi connectivity index (χ0v) is 16.1. The van der Waals surface area contributed by atoms with E-state index in [0.29, 0.717) is 18.9 Å². The van der Waals surface area contributed by atoms with Crippen molar-refractivity contribution in [3.05, 3.63) is 22.5 Å². The normalized spacial score (nSPS) is 12.6. The molecule has 0 fully saturated rings. The van der Waals surface area contributed by atoms with E-state index in [0.717, 1.165) is 24.3 Å². The second-order valence-electron chi connectivity index (χ2n) is 5.59. The van der Waals surface area contributed by atoms with Gasteiger partial charge < -0.3 is 14.6 Å². The molecular formula is C17H30FN3O5. The van der Waals surface area contributed by atoms with Crippen LogP contribution in [0.5, 0.6) is 0 Å². The molecular weight excluding hydrogens is 345 g/mol. The maximum atomic E-state index is 14.0. The lowest BCUT2D eigenvalue weighted by Gasteiger charge is -2.19. The van der Waals surface area contributed by atoms with Crippen molar-refractivity contribution in [2.45, 2.75) is 53.2 Å². The number of carbonyl (C=O) groups excluding carboxylic acids is 1. The van der Waals surface area contributed by atoms with Crippen LogP contribution in [-0.2, 0) is 16.0 Å². The SMILES string of the molecule is CCOC(=O)Nc1nc(=O)n(C[C@H](CC)OCC(C)CC)cc1F.CO. The molecule has 0 aliphatic carbocycles. The van der Waals surface area contributed by atoms with Gasteiger partial charge in [-0.15, -0.1) is 0 Å². The lowest BCUT2D eigenvalue weighted by atomic mass is 10.1. The van der Waals surface area contributed by atoms with Gasteiger partial charge in [-0.05, 0) is 19.3 Å². The van der Waals surface area contributed by atoms with Crippen LogP contribution in [0.25, 0.3) is 0 Å². The van der Waals surface area contributed by atoms with Gasteiger partial charge in [0.15, 0.2) is 11.6 Å². The minimum Gasteiger partial charge on any atom is -0.450 e. The number of carbonyl (C=O) groups is 1. The van der Waals surface area contributed by atoms with Gasteiger partial charge in [-0.3, -0.25) is 9.88 Å². The minimum absolute atomic E-state index is 0.135. The van der Waals surface area contributed by atoms with Crippen LogP contribution in [-0.4, -0.2) is 47.2 Å². The maximum absolute atomic E-state index is 14.0. The van der Waals surface area contributed by atoms with Gasteiger partial charge in [0.25, 0.3) is 0 Å². The zero-order chi connectivity index (χ0) is 20.1. The van der Waals surface area contributed by atoms with Gasteiger partial charge in [0.1, 0.15) is 0 Å². The number of halogens is 1. The molecule has 8 nitrogen and oxygen atoms in total. The lowest BCUT2D eigenvalue weighted by molar-refractivity contribution is 0.0185. The standard InChI is InChI=1S/C16H26FN3O4.CH4O/c1-5-11(4)10-24-12(6-2)8-20-9-13(17)14(18-15(20)21)19-16(22)23-7-3;1-2/h9,11-12H,5-8,10H2,1-4H3,(H,18,19,21,22);2H,1H3/t11?,12-;/m0./s1. The third kappa shape index (κ3) is 8.39. The van der Waals surface area contributed by atoms with E-state index in [1.165, 1.54) is 0 Å². The van der Waals surface area contributed by atoms with Gasteiger partial charge in [-0.2, -0.15) is 4.98 Å². The van der Waals surface area contributed by atoms with Gasteiger partial charge >= 0.3 is 11.8 Å². The topological polar surface area (TPSA) is 103 Å². The van der Waals surface area contributed by atoms with Crippen LogP contribution in [0.3, 0.4) is 0 Å². The molecule has 0 saturated heterocycles. The molecule has 1 rings (SSSR count). The Hall–Kier alpha value is -2.00. The van der Waals surface area contributed by atoms with Crippen LogP contribution in [0.15, 0.2) is 11.0 Å². The molecule has 0 saturated carbocycles. The Bertz CT molecular complexity index is 594. The van der Waals surface area contributed by atoms with Crippen molar-refractivity contribution in [2.75, 3.05) is 25.6 Å². The second-order valence-corrected chi connectivity index (χ2v) is 5.59. The van der Waals surface area contributed by atoms with Crippen LogP contribution in [0, 0.1) is 11.7 Å². The highest BCUT2D eigenvalue weighted by Crippen LogP contribution is 2.10. The summed E-state index contributed by atoms with van der Waals surface area (Å²) in [5.74, 6) is -0.829. The summed E-state index contributed by atoms with van der Waals surface area (Å²) in [5, 5.41) is 9.10. The van der Waals surface area contributed by atoms with Crippen molar-refractivity contribution in [3.8, 4) is 0 Å². The number of rotatable bonds is 9. The molecule has 26 heavy (non-hydrogen) atoms. The summed E-state index contributed by atoms with van der Waals surface area (Å²) in [7, 11) is 1.00. The van der Waals surface area contributed by atoms with Crippen LogP contribution in [0.4, 0.5) is 15.0 Å². The lowest BCUT2D eigenvalue weighted by Crippen LogP contribution is -2.32. The first kappa shape index (κ1) is 24.0. The van der Waals surface area contributed by atoms with E-state index in [2.05, 4.69) is 28.9 Å². The third-order valence-electron chi connectivity index (χ3n) is 3.61. The summed E-state index contributed by atoms with van der Waals surface area (Å²) in [6, 6.07) is 0. The number of hydrogen-bond donors (Lipinski definition) is 2. The maximum Gasteiger partial charge on any atom is 0.412 e. The number of aliphatic hydroxyl groups excluding tert-OH is 1. The number of hydrogen-bond acceptors (Lipinski definition) is 6. The molecule has 2 N–H and O–H groups in total. The molecule has 1 aromatic heterocycles. The molecule has 0 aromatic carbocycles. The van der Waals surface area contributed by atoms with E-state index in [-0.39, 0.29) is 19.3 Å². The number of ether oxygens (including phenoxy) is 2. The first-order valence-electron chi connectivity index (χ1n) is 8.68. The van der Waals surface area contributed by atoms with Gasteiger partial charge in [-0.1, -0.05) is 27.2 Å². The summed E-state index contributed by atoms with van der Waals surface area (Å²) in [6.07, 6.45) is 1.64. The highest BCUT2D eigenvalue weighted by molar-refractivity contribution is 5.83. The summed E-state index contributed by atoms with van der Waals surface area (Å²) < 4.78 is 25.6. The number of amides is 1. The molecule has 1 heterocycles. The van der Waals surface area contributed by atoms with E-state index >= 15 is 0 Å². The van der Waals surface area contributed by atoms with Crippen molar-refractivity contribution < 1.29 is 23.8 Å². The Morgan fingerprint density at radius 2 is 2.00 bits per heavy atom. The van der Waals surface area contributed by atoms with E-state index in [1.54, 1.807) is 6.92 Å². The molecule has 1 unspecified atom stereocenters. The highest BCUT2D eigenvalue weighted by atomic mass is 19.1. The molecule has 0 aliphatic heterocycles. The molecule has 1 aromatic rings. The quantitative estimate of drug-likeness (QED) is 0.687. The fraction of sp³-hybridized carbons (Fsp3) is 0.706. The van der Waals surface area contributed by atoms with Gasteiger partial charge in [0.05, 0.1) is 19.3 Å². The first-order valence-corrected chi connectivity index (χ1v) is 8.68. The Morgan fingerprint density at radius 3 is 2.54 bits per heavy atom. The van der Waals surface area contributed by atoms with Crippen molar-refractivity contribution in [2.24, 2.45) is 5.92 Å². The largest absolute Gasteiger partial charge is 0.450 e. The van der Waals surface area contributed by atoms with Crippen LogP contribution < -0.4 is 11.0 Å². The average molecular weight is 375 g/mol. The fourth-order valence-electron chi connectivity index (χ4n) is 1.89. The predicted molar refractivity (Wildman–Crippen MR) is 96.7 cm³/mol. The van der Waals surface area contributed by atoms with E-state index < -0.39 is 23.4 Å². The molecule has 0 aliphatic rings. The monoisotopic (exact) mass is 375 g/mol. The molecule has 9 heteroatoms. The summed E-state index contributed by atoms with van der Waals surface area (Å²) in [4.78, 5) is 26.9. The zero-order valence-electron chi connectivity index (χ0n) is 16.1. The van der Waals surface area contributed by atoms with Crippen molar-refractivity contribution in [1.29, 1.82) is 0 Å². The number of nitrogens with one attached hydrogen (secondary N) is 1. The smallest absolute Gasteiger partial charge is 0.412 e. The number of aliphatic hydroxyl groups is 1. The van der Waals surface area contributed by atoms with E-state index in [9.17, 15) is 14.0 Å². The highest BCUT2D eigenvalue weighted by Gasteiger charge is 2.15. The molecule has 1 amide bonds. The van der Waals surface area contributed by atoms with Crippen molar-refractivity contribution in [1.82, 2.24) is 9.55 Å². The van der Waals surface area contributed by atoms with Gasteiger partial charge in [-0.25, -0.2) is 14.0 Å². The number of anilines is 1. The van der Waals surface area contributed by atoms with Crippen molar-refractivity contribution in [3.63, 3.8) is 0 Å². The molecule has 150 valence electrons. The van der Waals surface area contributed by atoms with Crippen molar-refractivity contribution >= 4 is 11.9 Å². The fourth-order valence-corrected chi connectivity index (χ4v) is 1.89. The van der Waals surface area contributed by atoms with E-state index in [4.69, 9.17) is 9.84 Å². The average Bonchev–Trinajstić information content (AvgIpc) is 2.63. The Morgan fingerprint density at radius 1 is 1.35 bits per heavy atom. The van der Waals surface area contributed by atoms with Gasteiger partial charge in [0.2, 0.25) is 0 Å².